The molecule has 0 aliphatic heterocycles. The smallest absolute Gasteiger partial charge is 0.247 e. The van der Waals surface area contributed by atoms with E-state index in [-0.39, 0.29) is 0 Å². The van der Waals surface area contributed by atoms with Crippen LogP contribution in [0.15, 0.2) is 48.5 Å². The first-order valence-electron chi connectivity index (χ1n) is 5.72. The third-order valence-electron chi connectivity index (χ3n) is 2.63. The van der Waals surface area contributed by atoms with Gasteiger partial charge < -0.3 is 5.32 Å². The van der Waals surface area contributed by atoms with E-state index >= 15 is 0 Å². The van der Waals surface area contributed by atoms with Crippen molar-refractivity contribution in [3.8, 4) is 6.07 Å². The predicted molar refractivity (Wildman–Crippen MR) is 71.8 cm³/mol. The molecule has 0 saturated carbocycles. The molecule has 1 N–H and O–H groups in total. The molecule has 0 bridgehead atoms. The highest BCUT2D eigenvalue weighted by Gasteiger charge is 2.01. The Bertz CT molecular complexity index is 759. The van der Waals surface area contributed by atoms with Crippen molar-refractivity contribution in [2.75, 3.05) is 5.32 Å². The second-order valence-electron chi connectivity index (χ2n) is 3.94. The lowest BCUT2D eigenvalue weighted by atomic mass is 10.2. The number of rotatable bonds is 2. The van der Waals surface area contributed by atoms with Crippen molar-refractivity contribution < 1.29 is 0 Å². The Morgan fingerprint density at radius 1 is 0.895 bits per heavy atom. The Morgan fingerprint density at radius 3 is 2.37 bits per heavy atom. The summed E-state index contributed by atoms with van der Waals surface area (Å²) in [5.41, 5.74) is 2.97. The maximum atomic E-state index is 8.73. The number of benzene rings is 2. The van der Waals surface area contributed by atoms with Gasteiger partial charge in [-0.25, -0.2) is 4.98 Å². The summed E-state index contributed by atoms with van der Waals surface area (Å²) in [6.07, 6.45) is 0. The second-order valence-corrected chi connectivity index (χ2v) is 3.94. The molecule has 3 rings (SSSR count). The number of anilines is 2. The minimum Gasteiger partial charge on any atom is -0.323 e. The molecule has 0 fully saturated rings. The first kappa shape index (κ1) is 11.1. The summed E-state index contributed by atoms with van der Waals surface area (Å²) in [5, 5.41) is 19.9. The van der Waals surface area contributed by atoms with Crippen molar-refractivity contribution in [2.24, 2.45) is 0 Å². The maximum absolute atomic E-state index is 8.73. The van der Waals surface area contributed by atoms with Crippen LogP contribution in [0.2, 0.25) is 0 Å². The van der Waals surface area contributed by atoms with Gasteiger partial charge in [0.05, 0.1) is 17.1 Å². The van der Waals surface area contributed by atoms with Crippen LogP contribution in [0.3, 0.4) is 0 Å². The van der Waals surface area contributed by atoms with E-state index in [2.05, 4.69) is 26.6 Å². The Kier molecular flexibility index (Phi) is 2.75. The number of nitrogens with one attached hydrogen (secondary N) is 1. The van der Waals surface area contributed by atoms with E-state index in [9.17, 15) is 0 Å². The van der Waals surface area contributed by atoms with Crippen molar-refractivity contribution in [3.63, 3.8) is 0 Å². The van der Waals surface area contributed by atoms with Crippen LogP contribution in [0.1, 0.15) is 5.56 Å². The fourth-order valence-corrected chi connectivity index (χ4v) is 1.69. The van der Waals surface area contributed by atoms with Gasteiger partial charge in [-0.15, -0.1) is 10.2 Å². The Hall–Kier alpha value is -3.00. The number of aromatic nitrogens is 3. The summed E-state index contributed by atoms with van der Waals surface area (Å²) < 4.78 is 0. The zero-order valence-electron chi connectivity index (χ0n) is 9.91. The van der Waals surface area contributed by atoms with Crippen LogP contribution in [-0.2, 0) is 0 Å². The van der Waals surface area contributed by atoms with Crippen molar-refractivity contribution >= 4 is 22.7 Å². The molecule has 5 nitrogen and oxygen atoms in total. The average molecular weight is 247 g/mol. The molecule has 1 aromatic heterocycles. The standard InChI is InChI=1S/C14H9N5/c15-9-10-5-7-11(8-6-10)16-14-17-12-3-1-2-4-13(12)18-19-14/h1-8H,(H,16,17,19). The highest BCUT2D eigenvalue weighted by atomic mass is 15.2. The Balaban J connectivity index is 1.90. The molecule has 0 unspecified atom stereocenters. The molecule has 0 spiro atoms. The van der Waals surface area contributed by atoms with Gasteiger partial charge in [0, 0.05) is 5.69 Å². The average Bonchev–Trinajstić information content (AvgIpc) is 2.48. The third kappa shape index (κ3) is 2.33. The van der Waals surface area contributed by atoms with Crippen LogP contribution in [0.25, 0.3) is 11.0 Å². The van der Waals surface area contributed by atoms with Gasteiger partial charge in [0.2, 0.25) is 5.95 Å². The summed E-state index contributed by atoms with van der Waals surface area (Å²) in [6.45, 7) is 0. The van der Waals surface area contributed by atoms with E-state index in [4.69, 9.17) is 5.26 Å². The quantitative estimate of drug-likeness (QED) is 0.753. The fourth-order valence-electron chi connectivity index (χ4n) is 1.69. The second kappa shape index (κ2) is 4.70. The molecular formula is C14H9N5. The highest BCUT2D eigenvalue weighted by molar-refractivity contribution is 5.74. The monoisotopic (exact) mass is 247 g/mol. The van der Waals surface area contributed by atoms with Gasteiger partial charge in [-0.3, -0.25) is 0 Å². The zero-order chi connectivity index (χ0) is 13.1. The molecule has 0 aliphatic carbocycles. The first-order valence-corrected chi connectivity index (χ1v) is 5.72. The van der Waals surface area contributed by atoms with E-state index in [1.807, 2.05) is 24.3 Å². The number of para-hydroxylation sites is 1. The molecule has 0 saturated heterocycles. The molecule has 3 aromatic rings. The van der Waals surface area contributed by atoms with Gasteiger partial charge in [0.25, 0.3) is 0 Å². The van der Waals surface area contributed by atoms with Gasteiger partial charge in [-0.05, 0) is 36.4 Å². The molecule has 2 aromatic carbocycles. The summed E-state index contributed by atoms with van der Waals surface area (Å²) >= 11 is 0. The molecule has 1 heterocycles. The van der Waals surface area contributed by atoms with Crippen molar-refractivity contribution in [1.82, 2.24) is 15.2 Å². The largest absolute Gasteiger partial charge is 0.323 e. The SMILES string of the molecule is N#Cc1ccc(Nc2nnc3ccccc3n2)cc1. The van der Waals surface area contributed by atoms with E-state index in [0.717, 1.165) is 16.7 Å². The lowest BCUT2D eigenvalue weighted by Gasteiger charge is -2.04. The van der Waals surface area contributed by atoms with Crippen LogP contribution in [-0.4, -0.2) is 15.2 Å². The highest BCUT2D eigenvalue weighted by Crippen LogP contribution is 2.15. The maximum Gasteiger partial charge on any atom is 0.247 e. The number of fused-ring (bicyclic) bond motifs is 1. The van der Waals surface area contributed by atoms with E-state index in [1.54, 1.807) is 24.3 Å². The topological polar surface area (TPSA) is 74.5 Å². The predicted octanol–water partition coefficient (Wildman–Crippen LogP) is 2.64. The minimum atomic E-state index is 0.434. The van der Waals surface area contributed by atoms with Crippen LogP contribution in [0.4, 0.5) is 11.6 Å². The molecule has 0 radical (unpaired) electrons. The van der Waals surface area contributed by atoms with Crippen LogP contribution >= 0.6 is 0 Å². The lowest BCUT2D eigenvalue weighted by Crippen LogP contribution is -1.99. The van der Waals surface area contributed by atoms with Crippen molar-refractivity contribution in [3.05, 3.63) is 54.1 Å². The van der Waals surface area contributed by atoms with Gasteiger partial charge >= 0.3 is 0 Å². The van der Waals surface area contributed by atoms with Crippen LogP contribution < -0.4 is 5.32 Å². The molecule has 5 heteroatoms. The van der Waals surface area contributed by atoms with E-state index < -0.39 is 0 Å². The minimum absolute atomic E-state index is 0.434. The lowest BCUT2D eigenvalue weighted by molar-refractivity contribution is 1.03. The molecule has 0 aliphatic rings. The van der Waals surface area contributed by atoms with Gasteiger partial charge in [0.15, 0.2) is 0 Å². The summed E-state index contributed by atoms with van der Waals surface area (Å²) in [5.74, 6) is 0.434. The van der Waals surface area contributed by atoms with Gasteiger partial charge in [-0.1, -0.05) is 12.1 Å². The van der Waals surface area contributed by atoms with E-state index in [1.165, 1.54) is 0 Å². The van der Waals surface area contributed by atoms with Crippen LogP contribution in [0, 0.1) is 11.3 Å². The summed E-state index contributed by atoms with van der Waals surface area (Å²) in [6, 6.07) is 16.7. The molecular weight excluding hydrogens is 238 g/mol. The van der Waals surface area contributed by atoms with Gasteiger partial charge in [0.1, 0.15) is 5.52 Å². The van der Waals surface area contributed by atoms with Crippen molar-refractivity contribution in [1.29, 1.82) is 5.26 Å². The molecule has 0 atom stereocenters. The van der Waals surface area contributed by atoms with Crippen molar-refractivity contribution in [2.45, 2.75) is 0 Å². The van der Waals surface area contributed by atoms with Crippen LogP contribution in [0.5, 0.6) is 0 Å². The molecule has 0 amide bonds. The Morgan fingerprint density at radius 2 is 1.63 bits per heavy atom. The number of hydrogen-bond acceptors (Lipinski definition) is 5. The fraction of sp³-hybridized carbons (Fsp3) is 0. The zero-order valence-corrected chi connectivity index (χ0v) is 9.91. The number of nitriles is 1. The summed E-state index contributed by atoms with van der Waals surface area (Å²) in [7, 11) is 0. The first-order chi connectivity index (χ1) is 9.35. The molecule has 90 valence electrons. The third-order valence-corrected chi connectivity index (χ3v) is 2.63. The normalized spacial score (nSPS) is 10.1. The summed E-state index contributed by atoms with van der Waals surface area (Å²) in [4.78, 5) is 4.36. The van der Waals surface area contributed by atoms with E-state index in [0.29, 0.717) is 11.5 Å². The molecule has 19 heavy (non-hydrogen) atoms. The van der Waals surface area contributed by atoms with Gasteiger partial charge in [-0.2, -0.15) is 5.26 Å². The Labute approximate surface area is 109 Å². The number of nitrogens with zero attached hydrogens (tertiary/aromatic N) is 4. The number of hydrogen-bond donors (Lipinski definition) is 1.